The van der Waals surface area contributed by atoms with E-state index in [1.165, 1.54) is 0 Å². The molecule has 0 unspecified atom stereocenters. The van der Waals surface area contributed by atoms with Gasteiger partial charge < -0.3 is 4.74 Å². The zero-order valence-corrected chi connectivity index (χ0v) is 11.2. The number of hydrogen-bond acceptors (Lipinski definition) is 2. The molecule has 0 saturated carbocycles. The third-order valence-corrected chi connectivity index (χ3v) is 3.79. The fraction of sp³-hybridized carbons (Fsp3) is 0.167. The molecule has 100 valence electrons. The van der Waals surface area contributed by atoms with Crippen LogP contribution in [0.2, 0.25) is 0 Å². The molecule has 0 N–H and O–H groups in total. The summed E-state index contributed by atoms with van der Waals surface area (Å²) in [5.41, 5.74) is 1.96. The second-order valence-electron chi connectivity index (χ2n) is 4.96. The smallest absolute Gasteiger partial charge is 0.339 e. The van der Waals surface area contributed by atoms with E-state index in [4.69, 9.17) is 4.74 Å². The Bertz CT molecular complexity index is 645. The predicted molar refractivity (Wildman–Crippen MR) is 78.5 cm³/mol. The topological polar surface area (TPSA) is 26.3 Å². The van der Waals surface area contributed by atoms with E-state index in [1.807, 2.05) is 60.7 Å². The van der Waals surface area contributed by atoms with Crippen molar-refractivity contribution in [2.45, 2.75) is 18.4 Å². The number of benzene rings is 2. The van der Waals surface area contributed by atoms with Crippen LogP contribution in [0, 0.1) is 0 Å². The van der Waals surface area contributed by atoms with Crippen LogP contribution in [0.3, 0.4) is 0 Å². The molecule has 20 heavy (non-hydrogen) atoms. The maximum atomic E-state index is 12.2. The third kappa shape index (κ3) is 1.85. The van der Waals surface area contributed by atoms with Crippen molar-refractivity contribution in [3.05, 3.63) is 83.9 Å². The molecule has 1 aliphatic heterocycles. The third-order valence-electron chi connectivity index (χ3n) is 3.79. The molecule has 0 amide bonds. The lowest BCUT2D eigenvalue weighted by atomic mass is 9.82. The first-order valence-corrected chi connectivity index (χ1v) is 6.77. The average Bonchev–Trinajstić information content (AvgIpc) is 2.80. The molecule has 1 aliphatic rings. The fourth-order valence-electron chi connectivity index (χ4n) is 2.84. The molecule has 0 fully saturated rings. The van der Waals surface area contributed by atoms with Crippen LogP contribution in [0.5, 0.6) is 0 Å². The summed E-state index contributed by atoms with van der Waals surface area (Å²) in [5.74, 6) is -0.242. The largest absolute Gasteiger partial charge is 0.446 e. The quantitative estimate of drug-likeness (QED) is 0.614. The normalized spacial score (nSPS) is 20.3. The minimum Gasteiger partial charge on any atom is -0.446 e. The number of hydrogen-bond donors (Lipinski definition) is 0. The maximum absolute atomic E-state index is 12.2. The maximum Gasteiger partial charge on any atom is 0.339 e. The van der Waals surface area contributed by atoms with Crippen LogP contribution in [-0.2, 0) is 10.3 Å². The predicted octanol–water partition coefficient (Wildman–Crippen LogP) is 4.07. The Morgan fingerprint density at radius 2 is 1.75 bits per heavy atom. The molecule has 1 heterocycles. The molecule has 2 aromatic rings. The Morgan fingerprint density at radius 1 is 1.05 bits per heavy atom. The van der Waals surface area contributed by atoms with Crippen LogP contribution >= 0.6 is 0 Å². The summed E-state index contributed by atoms with van der Waals surface area (Å²) in [7, 11) is 0. The molecule has 2 aromatic carbocycles. The van der Waals surface area contributed by atoms with Gasteiger partial charge in [0.15, 0.2) is 5.60 Å². The van der Waals surface area contributed by atoms with E-state index in [-0.39, 0.29) is 5.97 Å². The molecule has 2 heteroatoms. The van der Waals surface area contributed by atoms with Gasteiger partial charge in [-0.3, -0.25) is 0 Å². The average molecular weight is 264 g/mol. The van der Waals surface area contributed by atoms with Gasteiger partial charge in [-0.1, -0.05) is 54.6 Å². The zero-order valence-electron chi connectivity index (χ0n) is 11.2. The molecular weight excluding hydrogens is 248 g/mol. The number of fused-ring (bicyclic) bond motifs is 1. The highest BCUT2D eigenvalue weighted by molar-refractivity contribution is 5.95. The highest BCUT2D eigenvalue weighted by Crippen LogP contribution is 2.45. The number of rotatable bonds is 4. The van der Waals surface area contributed by atoms with Crippen molar-refractivity contribution in [2.24, 2.45) is 0 Å². The summed E-state index contributed by atoms with van der Waals surface area (Å²) in [5, 5.41) is 0. The molecular formula is C18H16O2. The van der Waals surface area contributed by atoms with Crippen molar-refractivity contribution in [3.8, 4) is 0 Å². The van der Waals surface area contributed by atoms with E-state index in [9.17, 15) is 4.79 Å². The van der Waals surface area contributed by atoms with E-state index in [2.05, 4.69) is 6.58 Å². The Balaban J connectivity index is 2.18. The first-order chi connectivity index (χ1) is 9.78. The van der Waals surface area contributed by atoms with Gasteiger partial charge in [-0.25, -0.2) is 4.79 Å². The summed E-state index contributed by atoms with van der Waals surface area (Å²) in [6.45, 7) is 3.78. The zero-order chi connectivity index (χ0) is 14.0. The van der Waals surface area contributed by atoms with Gasteiger partial charge in [0.1, 0.15) is 0 Å². The molecule has 0 bridgehead atoms. The van der Waals surface area contributed by atoms with Crippen LogP contribution in [0.4, 0.5) is 0 Å². The number of allylic oxidation sites excluding steroid dienone is 1. The fourth-order valence-corrected chi connectivity index (χ4v) is 2.84. The highest BCUT2D eigenvalue weighted by Gasteiger charge is 2.45. The summed E-state index contributed by atoms with van der Waals surface area (Å²) < 4.78 is 5.82. The van der Waals surface area contributed by atoms with Crippen LogP contribution in [0.25, 0.3) is 0 Å². The number of cyclic esters (lactones) is 1. The second kappa shape index (κ2) is 4.97. The SMILES string of the molecule is C=CCC[C@@]1(c2ccccc2)OC(=O)c2ccccc21. The van der Waals surface area contributed by atoms with Crippen molar-refractivity contribution in [2.75, 3.05) is 0 Å². The van der Waals surface area contributed by atoms with Gasteiger partial charge >= 0.3 is 5.97 Å². The highest BCUT2D eigenvalue weighted by atomic mass is 16.6. The Labute approximate surface area is 118 Å². The second-order valence-corrected chi connectivity index (χ2v) is 4.96. The van der Waals surface area contributed by atoms with E-state index in [0.717, 1.165) is 17.5 Å². The lowest BCUT2D eigenvalue weighted by molar-refractivity contribution is 0.00761. The van der Waals surface area contributed by atoms with Gasteiger partial charge in [0, 0.05) is 11.1 Å². The van der Waals surface area contributed by atoms with Gasteiger partial charge in [-0.05, 0) is 18.9 Å². The van der Waals surface area contributed by atoms with Gasteiger partial charge in [-0.2, -0.15) is 0 Å². The summed E-state index contributed by atoms with van der Waals surface area (Å²) in [6.07, 6.45) is 3.36. The molecule has 3 rings (SSSR count). The molecule has 0 spiro atoms. The first-order valence-electron chi connectivity index (χ1n) is 6.77. The van der Waals surface area contributed by atoms with E-state index in [0.29, 0.717) is 12.0 Å². The van der Waals surface area contributed by atoms with Crippen molar-refractivity contribution in [1.82, 2.24) is 0 Å². The van der Waals surface area contributed by atoms with Crippen LogP contribution in [0.15, 0.2) is 67.3 Å². The minimum atomic E-state index is -0.677. The Hall–Kier alpha value is -2.35. The lowest BCUT2D eigenvalue weighted by Gasteiger charge is -2.29. The number of ether oxygens (including phenoxy) is 1. The van der Waals surface area contributed by atoms with Crippen molar-refractivity contribution in [1.29, 1.82) is 0 Å². The van der Waals surface area contributed by atoms with Crippen LogP contribution in [-0.4, -0.2) is 5.97 Å². The summed E-state index contributed by atoms with van der Waals surface area (Å²) in [4.78, 5) is 12.2. The molecule has 0 saturated heterocycles. The number of esters is 1. The molecule has 2 nitrogen and oxygen atoms in total. The van der Waals surface area contributed by atoms with Crippen molar-refractivity contribution < 1.29 is 9.53 Å². The van der Waals surface area contributed by atoms with Gasteiger partial charge in [0.25, 0.3) is 0 Å². The molecule has 1 atom stereocenters. The van der Waals surface area contributed by atoms with Gasteiger partial charge in [0.05, 0.1) is 5.56 Å². The number of carbonyl (C=O) groups is 1. The minimum absolute atomic E-state index is 0.242. The summed E-state index contributed by atoms with van der Waals surface area (Å²) in [6, 6.07) is 17.6. The van der Waals surface area contributed by atoms with Crippen molar-refractivity contribution >= 4 is 5.97 Å². The van der Waals surface area contributed by atoms with Gasteiger partial charge in [-0.15, -0.1) is 6.58 Å². The molecule has 0 radical (unpaired) electrons. The van der Waals surface area contributed by atoms with E-state index in [1.54, 1.807) is 0 Å². The van der Waals surface area contributed by atoms with E-state index < -0.39 is 5.60 Å². The van der Waals surface area contributed by atoms with Crippen LogP contribution < -0.4 is 0 Å². The Morgan fingerprint density at radius 3 is 2.50 bits per heavy atom. The Kier molecular flexibility index (Phi) is 3.15. The lowest BCUT2D eigenvalue weighted by Crippen LogP contribution is -2.27. The monoisotopic (exact) mass is 264 g/mol. The molecule has 0 aromatic heterocycles. The van der Waals surface area contributed by atoms with Crippen LogP contribution in [0.1, 0.15) is 34.3 Å². The first kappa shape index (κ1) is 12.7. The summed E-state index contributed by atoms with van der Waals surface area (Å²) >= 11 is 0. The van der Waals surface area contributed by atoms with Gasteiger partial charge in [0.2, 0.25) is 0 Å². The standard InChI is InChI=1S/C18H16O2/c1-2-3-13-18(14-9-5-4-6-10-14)16-12-8-7-11-15(16)17(19)20-18/h2,4-12H,1,3,13H2/t18-/m0/s1. The number of carbonyl (C=O) groups excluding carboxylic acids is 1. The van der Waals surface area contributed by atoms with Crippen molar-refractivity contribution in [3.63, 3.8) is 0 Å². The molecule has 0 aliphatic carbocycles. The van der Waals surface area contributed by atoms with E-state index >= 15 is 0 Å².